The number of azide groups is 1. The van der Waals surface area contributed by atoms with Gasteiger partial charge in [0.15, 0.2) is 0 Å². The molecule has 0 fully saturated rings. The third kappa shape index (κ3) is 28.5. The first kappa shape index (κ1) is 12.4. The Morgan fingerprint density at radius 3 is 2.00 bits per heavy atom. The minimum atomic E-state index is -1.11. The van der Waals surface area contributed by atoms with E-state index in [-0.39, 0.29) is 13.2 Å². The van der Waals surface area contributed by atoms with Gasteiger partial charge in [-0.1, -0.05) is 5.11 Å². The predicted octanol–water partition coefficient (Wildman–Crippen LogP) is -0.648. The van der Waals surface area contributed by atoms with E-state index in [0.717, 1.165) is 0 Å². The Hall–Kier alpha value is -1.30. The third-order valence-electron chi connectivity index (χ3n) is 0.369. The van der Waals surface area contributed by atoms with E-state index in [0.29, 0.717) is 0 Å². The van der Waals surface area contributed by atoms with Crippen molar-refractivity contribution in [3.05, 3.63) is 10.4 Å². The highest BCUT2D eigenvalue weighted by atomic mass is 16.4. The van der Waals surface area contributed by atoms with Crippen LogP contribution in [0.4, 0.5) is 0 Å². The molecule has 0 bridgehead atoms. The second-order valence-corrected chi connectivity index (χ2v) is 1.23. The number of aliphatic carboxylic acids is 1. The summed E-state index contributed by atoms with van der Waals surface area (Å²) in [6.07, 6.45) is 0. The van der Waals surface area contributed by atoms with Crippen LogP contribution in [0.5, 0.6) is 0 Å². The van der Waals surface area contributed by atoms with Crippen LogP contribution in [-0.2, 0) is 4.79 Å². The fourth-order valence-electron chi connectivity index (χ4n) is 0.0921. The summed E-state index contributed by atoms with van der Waals surface area (Å²) in [7, 11) is 0. The number of rotatable bonds is 3. The first-order chi connectivity index (χ1) is 5.18. The van der Waals surface area contributed by atoms with Crippen molar-refractivity contribution in [2.24, 2.45) is 5.11 Å². The Morgan fingerprint density at radius 1 is 1.45 bits per heavy atom. The smallest absolute Gasteiger partial charge is 0.309 e. The van der Waals surface area contributed by atoms with E-state index in [9.17, 15) is 4.79 Å². The number of nitrogens with zero attached hydrogens (tertiary/aromatic N) is 3. The van der Waals surface area contributed by atoms with Crippen molar-refractivity contribution < 1.29 is 20.1 Å². The summed E-state index contributed by atoms with van der Waals surface area (Å²) in [5.41, 5.74) is 7.51. The average molecular weight is 163 g/mol. The van der Waals surface area contributed by atoms with Crippen molar-refractivity contribution in [1.29, 1.82) is 0 Å². The third-order valence-corrected chi connectivity index (χ3v) is 0.369. The van der Waals surface area contributed by atoms with Crippen LogP contribution in [0.25, 0.3) is 10.4 Å². The lowest BCUT2D eigenvalue weighted by atomic mass is 10.7. The van der Waals surface area contributed by atoms with E-state index in [1.807, 2.05) is 0 Å². The fourth-order valence-corrected chi connectivity index (χ4v) is 0.0921. The molecule has 0 aromatic carbocycles. The molecule has 0 aromatic rings. The van der Waals surface area contributed by atoms with Crippen LogP contribution < -0.4 is 0 Å². The van der Waals surface area contributed by atoms with Gasteiger partial charge in [-0.3, -0.25) is 4.79 Å². The molecule has 7 heteroatoms. The van der Waals surface area contributed by atoms with Crippen LogP contribution in [0.1, 0.15) is 0 Å². The molecular weight excluding hydrogens is 154 g/mol. The topological polar surface area (TPSA) is 127 Å². The molecule has 0 aliphatic carbocycles. The highest BCUT2D eigenvalue weighted by molar-refractivity contribution is 5.69. The molecule has 0 radical (unpaired) electrons. The SMILES string of the molecule is OCCO.[N-]=[N+]=NCC(=O)O. The number of carboxylic acid groups (broad SMARTS) is 1. The number of aliphatic hydroxyl groups excluding tert-OH is 2. The van der Waals surface area contributed by atoms with Crippen LogP contribution in [0, 0.1) is 0 Å². The zero-order valence-corrected chi connectivity index (χ0v) is 5.71. The highest BCUT2D eigenvalue weighted by Gasteiger charge is 1.86. The number of carboxylic acids is 1. The molecule has 0 rings (SSSR count). The van der Waals surface area contributed by atoms with Gasteiger partial charge >= 0.3 is 5.97 Å². The molecule has 3 N–H and O–H groups in total. The molecule has 0 unspecified atom stereocenters. The van der Waals surface area contributed by atoms with E-state index in [4.69, 9.17) is 20.9 Å². The monoisotopic (exact) mass is 163 g/mol. The lowest BCUT2D eigenvalue weighted by Crippen LogP contribution is -1.96. The first-order valence-corrected chi connectivity index (χ1v) is 2.63. The minimum Gasteiger partial charge on any atom is -0.481 e. The first-order valence-electron chi connectivity index (χ1n) is 2.63. The second kappa shape index (κ2) is 11.5. The van der Waals surface area contributed by atoms with Crippen molar-refractivity contribution in [1.82, 2.24) is 0 Å². The van der Waals surface area contributed by atoms with Gasteiger partial charge in [0.2, 0.25) is 0 Å². The fraction of sp³-hybridized carbons (Fsp3) is 0.750. The lowest BCUT2D eigenvalue weighted by Gasteiger charge is -1.74. The van der Waals surface area contributed by atoms with Crippen molar-refractivity contribution in [2.75, 3.05) is 19.8 Å². The lowest BCUT2D eigenvalue weighted by molar-refractivity contribution is -0.135. The molecule has 0 aliphatic rings. The van der Waals surface area contributed by atoms with Gasteiger partial charge < -0.3 is 15.3 Å². The van der Waals surface area contributed by atoms with Crippen LogP contribution in [0.15, 0.2) is 5.11 Å². The molecular formula is C4H9N3O4. The van der Waals surface area contributed by atoms with Gasteiger partial charge in [0.1, 0.15) is 6.54 Å². The Labute approximate surface area is 62.5 Å². The molecule has 0 heterocycles. The van der Waals surface area contributed by atoms with Gasteiger partial charge in [0.05, 0.1) is 13.2 Å². The zero-order valence-electron chi connectivity index (χ0n) is 5.71. The quantitative estimate of drug-likeness (QED) is 0.290. The summed E-state index contributed by atoms with van der Waals surface area (Å²) in [5.74, 6) is -1.11. The summed E-state index contributed by atoms with van der Waals surface area (Å²) in [6.45, 7) is -0.726. The Morgan fingerprint density at radius 2 is 1.91 bits per heavy atom. The van der Waals surface area contributed by atoms with Crippen LogP contribution in [-0.4, -0.2) is 41.0 Å². The number of aliphatic hydroxyl groups is 2. The van der Waals surface area contributed by atoms with Gasteiger partial charge in [-0.05, 0) is 5.53 Å². The second-order valence-electron chi connectivity index (χ2n) is 1.23. The Bertz CT molecular complexity index is 140. The van der Waals surface area contributed by atoms with Gasteiger partial charge in [-0.2, -0.15) is 0 Å². The van der Waals surface area contributed by atoms with Crippen molar-refractivity contribution in [3.8, 4) is 0 Å². The van der Waals surface area contributed by atoms with Crippen molar-refractivity contribution in [2.45, 2.75) is 0 Å². The molecule has 11 heavy (non-hydrogen) atoms. The Balaban J connectivity index is 0. The maximum Gasteiger partial charge on any atom is 0.309 e. The van der Waals surface area contributed by atoms with Crippen LogP contribution in [0.2, 0.25) is 0 Å². The van der Waals surface area contributed by atoms with Gasteiger partial charge in [0.25, 0.3) is 0 Å². The maximum atomic E-state index is 9.49. The zero-order chi connectivity index (χ0) is 9.11. The number of hydrogen-bond donors (Lipinski definition) is 3. The summed E-state index contributed by atoms with van der Waals surface area (Å²) in [6, 6.07) is 0. The summed E-state index contributed by atoms with van der Waals surface area (Å²) >= 11 is 0. The number of carbonyl (C=O) groups is 1. The van der Waals surface area contributed by atoms with Crippen LogP contribution in [0.3, 0.4) is 0 Å². The molecule has 0 saturated carbocycles. The molecule has 0 aliphatic heterocycles. The molecule has 7 nitrogen and oxygen atoms in total. The molecule has 0 aromatic heterocycles. The maximum absolute atomic E-state index is 9.49. The minimum absolute atomic E-state index is 0.125. The van der Waals surface area contributed by atoms with Crippen molar-refractivity contribution in [3.63, 3.8) is 0 Å². The van der Waals surface area contributed by atoms with Crippen LogP contribution >= 0.6 is 0 Å². The van der Waals surface area contributed by atoms with E-state index < -0.39 is 12.5 Å². The summed E-state index contributed by atoms with van der Waals surface area (Å²) in [5, 5.41) is 25.8. The predicted molar refractivity (Wildman–Crippen MR) is 35.8 cm³/mol. The average Bonchev–Trinajstić information content (AvgIpc) is 2.01. The summed E-state index contributed by atoms with van der Waals surface area (Å²) < 4.78 is 0. The standard InChI is InChI=1S/C2H3N3O2.C2H6O2/c3-5-4-1-2(6)7;3-1-2-4/h1H2,(H,6,7);3-4H,1-2H2. The summed E-state index contributed by atoms with van der Waals surface area (Å²) in [4.78, 5) is 11.7. The molecule has 0 amide bonds. The Kier molecular flexibility index (Phi) is 12.9. The molecule has 0 atom stereocenters. The van der Waals surface area contributed by atoms with E-state index >= 15 is 0 Å². The molecule has 64 valence electrons. The normalized spacial score (nSPS) is 7.09. The highest BCUT2D eigenvalue weighted by Crippen LogP contribution is 1.67. The molecule has 0 saturated heterocycles. The largest absolute Gasteiger partial charge is 0.481 e. The molecule has 0 spiro atoms. The van der Waals surface area contributed by atoms with E-state index in [1.165, 1.54) is 0 Å². The van der Waals surface area contributed by atoms with Gasteiger partial charge in [0, 0.05) is 4.91 Å². The van der Waals surface area contributed by atoms with Gasteiger partial charge in [-0.25, -0.2) is 0 Å². The number of hydrogen-bond acceptors (Lipinski definition) is 4. The van der Waals surface area contributed by atoms with E-state index in [1.54, 1.807) is 0 Å². The van der Waals surface area contributed by atoms with Crippen molar-refractivity contribution >= 4 is 5.97 Å². The van der Waals surface area contributed by atoms with Gasteiger partial charge in [-0.15, -0.1) is 0 Å². The van der Waals surface area contributed by atoms with E-state index in [2.05, 4.69) is 10.0 Å².